The van der Waals surface area contributed by atoms with Gasteiger partial charge in [-0.05, 0) is 41.3 Å². The summed E-state index contributed by atoms with van der Waals surface area (Å²) in [7, 11) is 0. The highest BCUT2D eigenvalue weighted by atomic mass is 79.9. The number of hydrogen-bond donors (Lipinski definition) is 0. The Morgan fingerprint density at radius 3 is 2.95 bits per heavy atom. The molecular weight excluding hydrogens is 304 g/mol. The number of halogens is 1. The molecule has 5 heteroatoms. The summed E-state index contributed by atoms with van der Waals surface area (Å²) < 4.78 is 3.08. The molecular formula is C14H17BrN4. The molecule has 0 saturated heterocycles. The molecule has 0 radical (unpaired) electrons. The van der Waals surface area contributed by atoms with Gasteiger partial charge in [0, 0.05) is 31.3 Å². The van der Waals surface area contributed by atoms with Crippen molar-refractivity contribution in [3.63, 3.8) is 0 Å². The van der Waals surface area contributed by atoms with Crippen molar-refractivity contribution in [1.29, 1.82) is 0 Å². The molecule has 1 fully saturated rings. The van der Waals surface area contributed by atoms with Crippen molar-refractivity contribution in [2.75, 3.05) is 0 Å². The van der Waals surface area contributed by atoms with Gasteiger partial charge in [0.25, 0.3) is 0 Å². The van der Waals surface area contributed by atoms with Crippen LogP contribution in [0, 0.1) is 0 Å². The van der Waals surface area contributed by atoms with Crippen molar-refractivity contribution >= 4 is 15.9 Å². The van der Waals surface area contributed by atoms with Crippen molar-refractivity contribution in [3.8, 4) is 0 Å². The van der Waals surface area contributed by atoms with Gasteiger partial charge in [-0.25, -0.2) is 15.0 Å². The zero-order valence-corrected chi connectivity index (χ0v) is 12.6. The Labute approximate surface area is 121 Å². The minimum atomic E-state index is 0.576. The van der Waals surface area contributed by atoms with Crippen LogP contribution in [0.1, 0.15) is 49.4 Å². The van der Waals surface area contributed by atoms with Crippen molar-refractivity contribution in [2.24, 2.45) is 0 Å². The standard InChI is InChI=1S/C14H17BrN4/c1-2-6-19-7-5-16-13(19)9-11-8-12(15)18-14(17-11)10-3-4-10/h5,7-8,10H,2-4,6,9H2,1H3. The Balaban J connectivity index is 1.83. The number of aromatic nitrogens is 4. The molecule has 0 unspecified atom stereocenters. The maximum atomic E-state index is 4.68. The molecule has 4 nitrogen and oxygen atoms in total. The number of hydrogen-bond acceptors (Lipinski definition) is 3. The topological polar surface area (TPSA) is 43.6 Å². The average Bonchev–Trinajstić information content (AvgIpc) is 3.14. The Morgan fingerprint density at radius 1 is 1.37 bits per heavy atom. The molecule has 0 spiro atoms. The minimum absolute atomic E-state index is 0.576. The van der Waals surface area contributed by atoms with Crippen LogP contribution >= 0.6 is 15.9 Å². The van der Waals surface area contributed by atoms with Gasteiger partial charge in [0.15, 0.2) is 0 Å². The van der Waals surface area contributed by atoms with Gasteiger partial charge in [-0.1, -0.05) is 6.92 Å². The van der Waals surface area contributed by atoms with Crippen molar-refractivity contribution in [3.05, 3.63) is 40.4 Å². The fourth-order valence-electron chi connectivity index (χ4n) is 2.21. The number of aryl methyl sites for hydroxylation is 1. The largest absolute Gasteiger partial charge is 0.335 e. The lowest BCUT2D eigenvalue weighted by atomic mass is 10.2. The Morgan fingerprint density at radius 2 is 2.21 bits per heavy atom. The quantitative estimate of drug-likeness (QED) is 0.794. The lowest BCUT2D eigenvalue weighted by Gasteiger charge is -2.07. The molecule has 19 heavy (non-hydrogen) atoms. The van der Waals surface area contributed by atoms with Crippen molar-refractivity contribution < 1.29 is 0 Å². The van der Waals surface area contributed by atoms with Gasteiger partial charge in [0.2, 0.25) is 0 Å². The van der Waals surface area contributed by atoms with Gasteiger partial charge in [-0.2, -0.15) is 0 Å². The van der Waals surface area contributed by atoms with E-state index in [0.29, 0.717) is 5.92 Å². The molecule has 1 aliphatic rings. The van der Waals surface area contributed by atoms with E-state index < -0.39 is 0 Å². The first-order valence-corrected chi connectivity index (χ1v) is 7.59. The van der Waals surface area contributed by atoms with Crippen molar-refractivity contribution in [1.82, 2.24) is 19.5 Å². The summed E-state index contributed by atoms with van der Waals surface area (Å²) in [6.45, 7) is 3.19. The van der Waals surface area contributed by atoms with Crippen molar-refractivity contribution in [2.45, 2.75) is 45.1 Å². The third-order valence-electron chi connectivity index (χ3n) is 3.31. The summed E-state index contributed by atoms with van der Waals surface area (Å²) in [5.74, 6) is 2.64. The molecule has 2 aromatic rings. The van der Waals surface area contributed by atoms with Crippen LogP contribution in [0.2, 0.25) is 0 Å². The lowest BCUT2D eigenvalue weighted by molar-refractivity contribution is 0.643. The molecule has 100 valence electrons. The molecule has 1 saturated carbocycles. The second-order valence-corrected chi connectivity index (χ2v) is 5.84. The van der Waals surface area contributed by atoms with Crippen LogP contribution in [-0.4, -0.2) is 19.5 Å². The van der Waals surface area contributed by atoms with Gasteiger partial charge >= 0.3 is 0 Å². The molecule has 0 aliphatic heterocycles. The summed E-state index contributed by atoms with van der Waals surface area (Å²) in [6.07, 6.45) is 8.23. The van der Waals surface area contributed by atoms with Crippen LogP contribution in [0.15, 0.2) is 23.1 Å². The van der Waals surface area contributed by atoms with Crippen LogP contribution in [0.5, 0.6) is 0 Å². The average molecular weight is 321 g/mol. The fourth-order valence-corrected chi connectivity index (χ4v) is 2.66. The van der Waals surface area contributed by atoms with Crippen LogP contribution in [0.3, 0.4) is 0 Å². The highest BCUT2D eigenvalue weighted by Gasteiger charge is 2.27. The SMILES string of the molecule is CCCn1ccnc1Cc1cc(Br)nc(C2CC2)n1. The van der Waals surface area contributed by atoms with Crippen LogP contribution in [0.25, 0.3) is 0 Å². The molecule has 0 aromatic carbocycles. The molecule has 2 heterocycles. The predicted molar refractivity (Wildman–Crippen MR) is 77.0 cm³/mol. The van der Waals surface area contributed by atoms with E-state index >= 15 is 0 Å². The number of nitrogens with zero attached hydrogens (tertiary/aromatic N) is 4. The first-order chi connectivity index (χ1) is 9.26. The van der Waals surface area contributed by atoms with Gasteiger partial charge in [0.05, 0.1) is 5.69 Å². The smallest absolute Gasteiger partial charge is 0.132 e. The molecule has 2 aromatic heterocycles. The van der Waals surface area contributed by atoms with E-state index in [1.165, 1.54) is 12.8 Å². The molecule has 0 amide bonds. The molecule has 0 N–H and O–H groups in total. The zero-order valence-electron chi connectivity index (χ0n) is 11.0. The summed E-state index contributed by atoms with van der Waals surface area (Å²) in [4.78, 5) is 13.6. The molecule has 0 bridgehead atoms. The first kappa shape index (κ1) is 12.8. The van der Waals surface area contributed by atoms with Gasteiger partial charge < -0.3 is 4.57 Å². The Bertz CT molecular complexity index is 575. The second-order valence-electron chi connectivity index (χ2n) is 5.03. The van der Waals surface area contributed by atoms with E-state index in [2.05, 4.69) is 42.4 Å². The van der Waals surface area contributed by atoms with Crippen LogP contribution < -0.4 is 0 Å². The Kier molecular flexibility index (Phi) is 3.64. The third kappa shape index (κ3) is 3.03. The number of rotatable bonds is 5. The normalized spacial score (nSPS) is 14.8. The number of imidazole rings is 1. The Hall–Kier alpha value is -1.23. The molecule has 3 rings (SSSR count). The van der Waals surface area contributed by atoms with E-state index in [1.54, 1.807) is 0 Å². The first-order valence-electron chi connectivity index (χ1n) is 6.79. The maximum absolute atomic E-state index is 4.68. The van der Waals surface area contributed by atoms with E-state index in [0.717, 1.165) is 41.3 Å². The second kappa shape index (κ2) is 5.41. The minimum Gasteiger partial charge on any atom is -0.335 e. The third-order valence-corrected chi connectivity index (χ3v) is 3.72. The molecule has 0 atom stereocenters. The summed E-state index contributed by atoms with van der Waals surface area (Å²) in [5, 5.41) is 0. The van der Waals surface area contributed by atoms with E-state index in [-0.39, 0.29) is 0 Å². The highest BCUT2D eigenvalue weighted by molar-refractivity contribution is 9.10. The fraction of sp³-hybridized carbons (Fsp3) is 0.500. The summed E-state index contributed by atoms with van der Waals surface area (Å²) >= 11 is 3.48. The monoisotopic (exact) mass is 320 g/mol. The van der Waals surface area contributed by atoms with Crippen LogP contribution in [0.4, 0.5) is 0 Å². The van der Waals surface area contributed by atoms with Crippen LogP contribution in [-0.2, 0) is 13.0 Å². The summed E-state index contributed by atoms with van der Waals surface area (Å²) in [6, 6.07) is 2.00. The maximum Gasteiger partial charge on any atom is 0.132 e. The van der Waals surface area contributed by atoms with Gasteiger partial charge in [-0.3, -0.25) is 0 Å². The zero-order chi connectivity index (χ0) is 13.2. The summed E-state index contributed by atoms with van der Waals surface area (Å²) in [5.41, 5.74) is 1.05. The predicted octanol–water partition coefficient (Wildman–Crippen LogP) is 3.31. The van der Waals surface area contributed by atoms with E-state index in [4.69, 9.17) is 0 Å². The van der Waals surface area contributed by atoms with E-state index in [1.807, 2.05) is 18.5 Å². The highest BCUT2D eigenvalue weighted by Crippen LogP contribution is 2.38. The lowest BCUT2D eigenvalue weighted by Crippen LogP contribution is -2.06. The van der Waals surface area contributed by atoms with Gasteiger partial charge in [-0.15, -0.1) is 0 Å². The molecule has 1 aliphatic carbocycles. The van der Waals surface area contributed by atoms with E-state index in [9.17, 15) is 0 Å². The van der Waals surface area contributed by atoms with Gasteiger partial charge in [0.1, 0.15) is 16.3 Å².